The van der Waals surface area contributed by atoms with Crippen LogP contribution in [0.2, 0.25) is 0 Å². The van der Waals surface area contributed by atoms with E-state index in [4.69, 9.17) is 9.84 Å². The van der Waals surface area contributed by atoms with Gasteiger partial charge in [0.25, 0.3) is 0 Å². The Balaban J connectivity index is 1.67. The molecule has 0 spiro atoms. The highest BCUT2D eigenvalue weighted by Gasteiger charge is 2.00. The maximum atomic E-state index is 10.6. The van der Waals surface area contributed by atoms with Gasteiger partial charge in [0.15, 0.2) is 0 Å². The average Bonchev–Trinajstić information content (AvgIpc) is 2.48. The molecule has 0 aliphatic carbocycles. The summed E-state index contributed by atoms with van der Waals surface area (Å²) in [5.41, 5.74) is 2.99. The second kappa shape index (κ2) is 8.08. The Hall–Kier alpha value is -2.49. The van der Waals surface area contributed by atoms with Gasteiger partial charge in [-0.25, -0.2) is 0 Å². The van der Waals surface area contributed by atoms with Crippen molar-refractivity contribution in [1.82, 2.24) is 0 Å². The quantitative estimate of drug-likeness (QED) is 0.732. The van der Waals surface area contributed by atoms with Gasteiger partial charge in [-0.2, -0.15) is 0 Å². The van der Waals surface area contributed by atoms with Crippen LogP contribution >= 0.6 is 0 Å². The number of hydrogen-bond donors (Lipinski definition) is 2. The number of carboxylic acid groups (broad SMARTS) is 1. The lowest BCUT2D eigenvalue weighted by Crippen LogP contribution is -2.07. The monoisotopic (exact) mass is 299 g/mol. The summed E-state index contributed by atoms with van der Waals surface area (Å²) in [5.74, 6) is 0.0898. The molecule has 0 fully saturated rings. The maximum Gasteiger partial charge on any atom is 0.307 e. The van der Waals surface area contributed by atoms with Crippen LogP contribution in [-0.4, -0.2) is 24.2 Å². The second-order valence-corrected chi connectivity index (χ2v) is 5.21. The normalized spacial score (nSPS) is 10.2. The third-order valence-corrected chi connectivity index (χ3v) is 3.22. The zero-order valence-corrected chi connectivity index (χ0v) is 12.7. The summed E-state index contributed by atoms with van der Waals surface area (Å²) in [6.45, 7) is 3.51. The minimum absolute atomic E-state index is 0.0601. The lowest BCUT2D eigenvalue weighted by Gasteiger charge is -2.09. The molecule has 0 radical (unpaired) electrons. The molecule has 0 saturated heterocycles. The summed E-state index contributed by atoms with van der Waals surface area (Å²) in [5, 5.41) is 12.0. The van der Waals surface area contributed by atoms with Crippen molar-refractivity contribution in [2.75, 3.05) is 18.5 Å². The van der Waals surface area contributed by atoms with E-state index in [1.807, 2.05) is 55.5 Å². The minimum atomic E-state index is -0.811. The molecule has 0 aliphatic rings. The van der Waals surface area contributed by atoms with E-state index < -0.39 is 5.97 Å². The fraction of sp³-hybridized carbons (Fsp3) is 0.278. The van der Waals surface area contributed by atoms with Gasteiger partial charge in [0, 0.05) is 12.2 Å². The Bertz CT molecular complexity index is 608. The molecular formula is C18H21NO3. The molecule has 2 aromatic rings. The number of carboxylic acids is 1. The topological polar surface area (TPSA) is 58.6 Å². The number of benzene rings is 2. The van der Waals surface area contributed by atoms with Gasteiger partial charge < -0.3 is 15.2 Å². The summed E-state index contributed by atoms with van der Waals surface area (Å²) in [6.07, 6.45) is 0.954. The lowest BCUT2D eigenvalue weighted by atomic mass is 10.1. The third-order valence-electron chi connectivity index (χ3n) is 3.22. The molecule has 4 heteroatoms. The van der Waals surface area contributed by atoms with Crippen LogP contribution in [0.1, 0.15) is 17.5 Å². The molecule has 0 aromatic heterocycles. The molecule has 2 N–H and O–H groups in total. The van der Waals surface area contributed by atoms with E-state index in [-0.39, 0.29) is 6.42 Å². The van der Waals surface area contributed by atoms with Crippen molar-refractivity contribution in [3.05, 3.63) is 59.7 Å². The molecule has 2 aromatic carbocycles. The standard InChI is InChI=1S/C18H21NO3/c1-14-4-2-5-17(12-14)22-11-3-10-19-16-8-6-15(7-9-16)13-18(20)21/h2,4-9,12,19H,3,10-11,13H2,1H3,(H,20,21). The molecular weight excluding hydrogens is 278 g/mol. The van der Waals surface area contributed by atoms with E-state index in [2.05, 4.69) is 5.32 Å². The van der Waals surface area contributed by atoms with Crippen molar-refractivity contribution in [3.63, 3.8) is 0 Å². The van der Waals surface area contributed by atoms with Gasteiger partial charge in [-0.15, -0.1) is 0 Å². The minimum Gasteiger partial charge on any atom is -0.494 e. The first-order valence-electron chi connectivity index (χ1n) is 7.37. The summed E-state index contributed by atoms with van der Waals surface area (Å²) in [6, 6.07) is 15.5. The van der Waals surface area contributed by atoms with E-state index >= 15 is 0 Å². The predicted molar refractivity (Wildman–Crippen MR) is 87.6 cm³/mol. The zero-order valence-electron chi connectivity index (χ0n) is 12.7. The third kappa shape index (κ3) is 5.48. The lowest BCUT2D eigenvalue weighted by molar-refractivity contribution is -0.136. The van der Waals surface area contributed by atoms with E-state index in [1.165, 1.54) is 5.56 Å². The number of hydrogen-bond acceptors (Lipinski definition) is 3. The Kier molecular flexibility index (Phi) is 5.83. The summed E-state index contributed by atoms with van der Waals surface area (Å²) >= 11 is 0. The number of anilines is 1. The van der Waals surface area contributed by atoms with E-state index in [0.717, 1.165) is 30.0 Å². The SMILES string of the molecule is Cc1cccc(OCCCNc2ccc(CC(=O)O)cc2)c1. The van der Waals surface area contributed by atoms with Crippen molar-refractivity contribution in [2.24, 2.45) is 0 Å². The van der Waals surface area contributed by atoms with Gasteiger partial charge >= 0.3 is 5.97 Å². The van der Waals surface area contributed by atoms with Gasteiger partial charge in [-0.3, -0.25) is 4.79 Å². The van der Waals surface area contributed by atoms with Crippen LogP contribution in [0.4, 0.5) is 5.69 Å². The van der Waals surface area contributed by atoms with Crippen molar-refractivity contribution in [3.8, 4) is 5.75 Å². The fourth-order valence-corrected chi connectivity index (χ4v) is 2.12. The van der Waals surface area contributed by atoms with Crippen LogP contribution in [-0.2, 0) is 11.2 Å². The number of ether oxygens (including phenoxy) is 1. The van der Waals surface area contributed by atoms with Crippen molar-refractivity contribution >= 4 is 11.7 Å². The van der Waals surface area contributed by atoms with Crippen molar-refractivity contribution in [2.45, 2.75) is 19.8 Å². The fourth-order valence-electron chi connectivity index (χ4n) is 2.12. The highest BCUT2D eigenvalue weighted by atomic mass is 16.5. The predicted octanol–water partition coefficient (Wildman–Crippen LogP) is 3.50. The smallest absolute Gasteiger partial charge is 0.307 e. The van der Waals surface area contributed by atoms with Crippen molar-refractivity contribution < 1.29 is 14.6 Å². The van der Waals surface area contributed by atoms with E-state index in [1.54, 1.807) is 0 Å². The Morgan fingerprint density at radius 3 is 2.64 bits per heavy atom. The summed E-state index contributed by atoms with van der Waals surface area (Å²) < 4.78 is 5.68. The van der Waals surface area contributed by atoms with Gasteiger partial charge in [-0.05, 0) is 48.7 Å². The van der Waals surface area contributed by atoms with E-state index in [0.29, 0.717) is 6.61 Å². The van der Waals surface area contributed by atoms with Crippen LogP contribution in [0.15, 0.2) is 48.5 Å². The molecule has 2 rings (SSSR count). The van der Waals surface area contributed by atoms with Crippen LogP contribution < -0.4 is 10.1 Å². The first-order chi connectivity index (χ1) is 10.6. The molecule has 0 bridgehead atoms. The Morgan fingerprint density at radius 1 is 1.18 bits per heavy atom. The average molecular weight is 299 g/mol. The maximum absolute atomic E-state index is 10.6. The number of rotatable bonds is 8. The van der Waals surface area contributed by atoms with Gasteiger partial charge in [0.2, 0.25) is 0 Å². The van der Waals surface area contributed by atoms with Gasteiger partial charge in [-0.1, -0.05) is 24.3 Å². The van der Waals surface area contributed by atoms with Crippen LogP contribution in [0, 0.1) is 6.92 Å². The summed E-state index contributed by atoms with van der Waals surface area (Å²) in [4.78, 5) is 10.6. The molecule has 0 heterocycles. The first-order valence-corrected chi connectivity index (χ1v) is 7.37. The first kappa shape index (κ1) is 15.9. The van der Waals surface area contributed by atoms with Crippen molar-refractivity contribution in [1.29, 1.82) is 0 Å². The van der Waals surface area contributed by atoms with Crippen LogP contribution in [0.5, 0.6) is 5.75 Å². The molecule has 0 saturated carbocycles. The number of aryl methyl sites for hydroxylation is 1. The highest BCUT2D eigenvalue weighted by molar-refractivity contribution is 5.70. The number of nitrogens with one attached hydrogen (secondary N) is 1. The molecule has 0 aliphatic heterocycles. The molecule has 22 heavy (non-hydrogen) atoms. The molecule has 0 amide bonds. The Morgan fingerprint density at radius 2 is 1.95 bits per heavy atom. The number of carbonyl (C=O) groups is 1. The van der Waals surface area contributed by atoms with Crippen LogP contribution in [0.3, 0.4) is 0 Å². The molecule has 0 unspecified atom stereocenters. The zero-order chi connectivity index (χ0) is 15.8. The molecule has 0 atom stereocenters. The molecule has 116 valence electrons. The second-order valence-electron chi connectivity index (χ2n) is 5.21. The van der Waals surface area contributed by atoms with Gasteiger partial charge in [0.05, 0.1) is 13.0 Å². The van der Waals surface area contributed by atoms with E-state index in [9.17, 15) is 4.79 Å². The van der Waals surface area contributed by atoms with Crippen LogP contribution in [0.25, 0.3) is 0 Å². The Labute approximate surface area is 130 Å². The largest absolute Gasteiger partial charge is 0.494 e. The van der Waals surface area contributed by atoms with Gasteiger partial charge in [0.1, 0.15) is 5.75 Å². The number of aliphatic carboxylic acids is 1. The summed E-state index contributed by atoms with van der Waals surface area (Å²) in [7, 11) is 0. The molecule has 4 nitrogen and oxygen atoms in total. The highest BCUT2D eigenvalue weighted by Crippen LogP contribution is 2.13.